The Bertz CT molecular complexity index is 228. The number of nitrogens with one attached hydrogen (secondary N) is 1. The van der Waals surface area contributed by atoms with Crippen molar-refractivity contribution in [1.82, 2.24) is 10.2 Å². The van der Waals surface area contributed by atoms with Crippen LogP contribution in [-0.2, 0) is 5.88 Å². The van der Waals surface area contributed by atoms with Gasteiger partial charge < -0.3 is 4.74 Å². The topological polar surface area (TPSA) is 37.9 Å². The van der Waals surface area contributed by atoms with Gasteiger partial charge >= 0.3 is 6.61 Å². The van der Waals surface area contributed by atoms with E-state index in [1.165, 1.54) is 0 Å². The summed E-state index contributed by atoms with van der Waals surface area (Å²) in [5, 5.41) is 5.55. The van der Waals surface area contributed by atoms with Gasteiger partial charge in [-0.05, 0) is 0 Å². The Balaban J connectivity index is 2.68. The average molecular weight is 182 g/mol. The Morgan fingerprint density at radius 1 is 1.73 bits per heavy atom. The second-order valence-corrected chi connectivity index (χ2v) is 1.92. The van der Waals surface area contributed by atoms with Crippen LogP contribution in [0.3, 0.4) is 0 Å². The Morgan fingerprint density at radius 2 is 2.45 bits per heavy atom. The first-order valence-corrected chi connectivity index (χ1v) is 3.23. The van der Waals surface area contributed by atoms with Gasteiger partial charge in [0.1, 0.15) is 6.20 Å². The molecule has 1 aromatic rings. The van der Waals surface area contributed by atoms with E-state index in [-0.39, 0.29) is 11.8 Å². The van der Waals surface area contributed by atoms with E-state index in [2.05, 4.69) is 21.1 Å². The fourth-order valence-electron chi connectivity index (χ4n) is 0.542. The molecule has 0 aliphatic carbocycles. The van der Waals surface area contributed by atoms with Crippen LogP contribution in [0, 0.1) is 6.20 Å². The SMILES string of the molecule is FC(F)Oc1[nH]n[c]c1CCl. The minimum Gasteiger partial charge on any atom is -0.417 e. The molecule has 1 aromatic heterocycles. The van der Waals surface area contributed by atoms with Crippen LogP contribution in [0.1, 0.15) is 5.56 Å². The summed E-state index contributed by atoms with van der Waals surface area (Å²) in [5.74, 6) is -0.0894. The molecule has 0 unspecified atom stereocenters. The van der Waals surface area contributed by atoms with Gasteiger partial charge in [0.25, 0.3) is 0 Å². The first-order chi connectivity index (χ1) is 5.24. The molecule has 0 saturated carbocycles. The molecule has 0 spiro atoms. The highest BCUT2D eigenvalue weighted by molar-refractivity contribution is 6.17. The van der Waals surface area contributed by atoms with Crippen molar-refractivity contribution in [3.63, 3.8) is 0 Å². The molecule has 0 fully saturated rings. The highest BCUT2D eigenvalue weighted by Gasteiger charge is 2.10. The van der Waals surface area contributed by atoms with Gasteiger partial charge in [-0.3, -0.25) is 0 Å². The van der Waals surface area contributed by atoms with Crippen LogP contribution < -0.4 is 4.74 Å². The van der Waals surface area contributed by atoms with Crippen molar-refractivity contribution in [2.75, 3.05) is 0 Å². The molecular weight excluding hydrogens is 178 g/mol. The lowest BCUT2D eigenvalue weighted by Crippen LogP contribution is -2.03. The maximum absolute atomic E-state index is 11.6. The smallest absolute Gasteiger partial charge is 0.388 e. The molecule has 11 heavy (non-hydrogen) atoms. The molecule has 3 nitrogen and oxygen atoms in total. The van der Waals surface area contributed by atoms with Crippen LogP contribution in [0.5, 0.6) is 5.88 Å². The molecule has 0 saturated heterocycles. The Hall–Kier alpha value is -0.840. The molecular formula is C5H4ClF2N2O. The monoisotopic (exact) mass is 181 g/mol. The van der Waals surface area contributed by atoms with E-state index in [4.69, 9.17) is 11.6 Å². The summed E-state index contributed by atoms with van der Waals surface area (Å²) in [7, 11) is 0. The van der Waals surface area contributed by atoms with Gasteiger partial charge in [0.05, 0.1) is 11.4 Å². The van der Waals surface area contributed by atoms with Gasteiger partial charge in [-0.2, -0.15) is 13.9 Å². The summed E-state index contributed by atoms with van der Waals surface area (Å²) in [6.07, 6.45) is 2.36. The summed E-state index contributed by atoms with van der Waals surface area (Å²) in [6, 6.07) is 0. The number of H-pyrrole nitrogens is 1. The Kier molecular flexibility index (Phi) is 2.64. The third kappa shape index (κ3) is 2.04. The normalized spacial score (nSPS) is 10.5. The number of hydrogen-bond acceptors (Lipinski definition) is 2. The number of aromatic amines is 1. The number of hydrogen-bond donors (Lipinski definition) is 1. The van der Waals surface area contributed by atoms with Crippen LogP contribution in [-0.4, -0.2) is 16.8 Å². The number of nitrogens with zero attached hydrogens (tertiary/aromatic N) is 1. The van der Waals surface area contributed by atoms with Crippen LogP contribution in [0.4, 0.5) is 8.78 Å². The van der Waals surface area contributed by atoms with Crippen LogP contribution in [0.15, 0.2) is 0 Å². The summed E-state index contributed by atoms with van der Waals surface area (Å²) < 4.78 is 27.2. The van der Waals surface area contributed by atoms with Gasteiger partial charge in [-0.25, -0.2) is 5.10 Å². The fraction of sp³-hybridized carbons (Fsp3) is 0.400. The summed E-state index contributed by atoms with van der Waals surface area (Å²) in [4.78, 5) is 0. The van der Waals surface area contributed by atoms with E-state index in [9.17, 15) is 8.78 Å². The predicted octanol–water partition coefficient (Wildman–Crippen LogP) is 1.55. The summed E-state index contributed by atoms with van der Waals surface area (Å²) in [6.45, 7) is -2.87. The molecule has 0 aliphatic heterocycles. The highest BCUT2D eigenvalue weighted by Crippen LogP contribution is 2.17. The molecule has 1 N–H and O–H groups in total. The zero-order valence-corrected chi connectivity index (χ0v) is 6.03. The zero-order chi connectivity index (χ0) is 8.27. The standard InChI is InChI=1S/C5H4ClF2N2O/c6-1-3-2-9-10-4(3)11-5(7)8/h5H,1H2,(H,9,10). The van der Waals surface area contributed by atoms with Gasteiger partial charge in [-0.15, -0.1) is 11.6 Å². The summed E-state index contributed by atoms with van der Waals surface area (Å²) in [5.41, 5.74) is 0.298. The second-order valence-electron chi connectivity index (χ2n) is 1.66. The lowest BCUT2D eigenvalue weighted by molar-refractivity contribution is -0.0533. The van der Waals surface area contributed by atoms with Crippen molar-refractivity contribution in [2.45, 2.75) is 12.5 Å². The van der Waals surface area contributed by atoms with Crippen molar-refractivity contribution in [1.29, 1.82) is 0 Å². The molecule has 0 aromatic carbocycles. The molecule has 61 valence electrons. The molecule has 0 aliphatic rings. The van der Waals surface area contributed by atoms with E-state index in [1.807, 2.05) is 0 Å². The first-order valence-electron chi connectivity index (χ1n) is 2.69. The van der Waals surface area contributed by atoms with Crippen LogP contribution >= 0.6 is 11.6 Å². The van der Waals surface area contributed by atoms with Gasteiger partial charge in [0.15, 0.2) is 0 Å². The van der Waals surface area contributed by atoms with E-state index >= 15 is 0 Å². The maximum Gasteiger partial charge on any atom is 0.388 e. The minimum atomic E-state index is -2.87. The lowest BCUT2D eigenvalue weighted by atomic mass is 10.4. The largest absolute Gasteiger partial charge is 0.417 e. The van der Waals surface area contributed by atoms with Crippen molar-refractivity contribution in [3.8, 4) is 5.88 Å². The van der Waals surface area contributed by atoms with Crippen molar-refractivity contribution >= 4 is 11.6 Å². The van der Waals surface area contributed by atoms with Crippen molar-refractivity contribution in [2.24, 2.45) is 0 Å². The molecule has 0 atom stereocenters. The highest BCUT2D eigenvalue weighted by atomic mass is 35.5. The maximum atomic E-state index is 11.6. The van der Waals surface area contributed by atoms with Crippen LogP contribution in [0.2, 0.25) is 0 Å². The van der Waals surface area contributed by atoms with Gasteiger partial charge in [0.2, 0.25) is 5.88 Å². The number of halogens is 3. The number of ether oxygens (including phenoxy) is 1. The van der Waals surface area contributed by atoms with E-state index in [1.54, 1.807) is 0 Å². The Morgan fingerprint density at radius 3 is 3.00 bits per heavy atom. The summed E-state index contributed by atoms with van der Waals surface area (Å²) >= 11 is 5.34. The fourth-order valence-corrected chi connectivity index (χ4v) is 0.723. The number of rotatable bonds is 3. The second kappa shape index (κ2) is 3.52. The molecule has 1 rings (SSSR count). The van der Waals surface area contributed by atoms with E-state index in [0.29, 0.717) is 5.56 Å². The van der Waals surface area contributed by atoms with E-state index in [0.717, 1.165) is 0 Å². The van der Waals surface area contributed by atoms with E-state index < -0.39 is 6.61 Å². The molecule has 1 radical (unpaired) electrons. The van der Waals surface area contributed by atoms with Gasteiger partial charge in [0, 0.05) is 0 Å². The number of alkyl halides is 3. The van der Waals surface area contributed by atoms with Crippen molar-refractivity contribution in [3.05, 3.63) is 11.8 Å². The molecule has 1 heterocycles. The Labute approximate surface area is 66.3 Å². The average Bonchev–Trinajstić information content (AvgIpc) is 2.34. The minimum absolute atomic E-state index is 0.0402. The zero-order valence-electron chi connectivity index (χ0n) is 5.27. The third-order valence-electron chi connectivity index (χ3n) is 0.963. The third-order valence-corrected chi connectivity index (χ3v) is 1.23. The molecule has 6 heteroatoms. The lowest BCUT2D eigenvalue weighted by Gasteiger charge is -2.00. The van der Waals surface area contributed by atoms with Gasteiger partial charge in [-0.1, -0.05) is 0 Å². The van der Waals surface area contributed by atoms with Crippen molar-refractivity contribution < 1.29 is 13.5 Å². The number of aromatic nitrogens is 2. The predicted molar refractivity (Wildman–Crippen MR) is 33.6 cm³/mol. The van der Waals surface area contributed by atoms with Crippen LogP contribution in [0.25, 0.3) is 0 Å². The molecule has 0 bridgehead atoms. The molecule has 0 amide bonds. The quantitative estimate of drug-likeness (QED) is 0.719. The first kappa shape index (κ1) is 8.26.